The van der Waals surface area contributed by atoms with Crippen LogP contribution in [0.1, 0.15) is 18.4 Å². The Labute approximate surface area is 126 Å². The van der Waals surface area contributed by atoms with Gasteiger partial charge < -0.3 is 19.3 Å². The standard InChI is InChI=1S/C15H17F2NO4/c1-18-10-5-14(19,6-11(18)8-20-7-10)9-2-3-12-13(4-9)22-15(16,17)21-12/h2-4,10-11,19H,5-8H2,1H3. The van der Waals surface area contributed by atoms with Crippen LogP contribution in [-0.2, 0) is 10.3 Å². The number of ether oxygens (including phenoxy) is 3. The van der Waals surface area contributed by atoms with Crippen molar-refractivity contribution in [2.45, 2.75) is 36.8 Å². The molecule has 0 radical (unpaired) electrons. The number of hydrogen-bond acceptors (Lipinski definition) is 5. The fourth-order valence-electron chi connectivity index (χ4n) is 3.62. The molecule has 2 bridgehead atoms. The number of likely N-dealkylation sites (N-methyl/N-ethyl adjacent to an activating group) is 1. The summed E-state index contributed by atoms with van der Waals surface area (Å²) in [6.45, 7) is 1.13. The van der Waals surface area contributed by atoms with Crippen LogP contribution in [0.2, 0.25) is 0 Å². The first-order chi connectivity index (χ1) is 10.4. The van der Waals surface area contributed by atoms with Crippen molar-refractivity contribution >= 4 is 0 Å². The molecule has 5 nitrogen and oxygen atoms in total. The first-order valence-corrected chi connectivity index (χ1v) is 7.29. The minimum absolute atomic E-state index is 0.00574. The summed E-state index contributed by atoms with van der Waals surface area (Å²) in [5, 5.41) is 11.1. The van der Waals surface area contributed by atoms with Crippen LogP contribution in [0.25, 0.3) is 0 Å². The molecule has 0 saturated carbocycles. The summed E-state index contributed by atoms with van der Waals surface area (Å²) in [7, 11) is 2.03. The van der Waals surface area contributed by atoms with Gasteiger partial charge in [-0.15, -0.1) is 8.78 Å². The molecule has 0 aliphatic carbocycles. The van der Waals surface area contributed by atoms with E-state index in [9.17, 15) is 13.9 Å². The second-order valence-corrected chi connectivity index (χ2v) is 6.28. The van der Waals surface area contributed by atoms with E-state index in [1.165, 1.54) is 12.1 Å². The molecule has 2 atom stereocenters. The van der Waals surface area contributed by atoms with Gasteiger partial charge in [0.15, 0.2) is 11.5 Å². The quantitative estimate of drug-likeness (QED) is 0.855. The Hall–Kier alpha value is -1.44. The van der Waals surface area contributed by atoms with Gasteiger partial charge in [-0.25, -0.2) is 0 Å². The number of piperidine rings is 1. The van der Waals surface area contributed by atoms with E-state index in [2.05, 4.69) is 14.4 Å². The Morgan fingerprint density at radius 1 is 1.14 bits per heavy atom. The highest BCUT2D eigenvalue weighted by Gasteiger charge is 2.48. The molecule has 2 fully saturated rings. The number of rotatable bonds is 1. The molecule has 3 aliphatic heterocycles. The number of fused-ring (bicyclic) bond motifs is 3. The van der Waals surface area contributed by atoms with E-state index in [0.717, 1.165) is 0 Å². The summed E-state index contributed by atoms with van der Waals surface area (Å²) < 4.78 is 40.7. The van der Waals surface area contributed by atoms with Gasteiger partial charge in [-0.05, 0) is 37.6 Å². The van der Waals surface area contributed by atoms with Crippen molar-refractivity contribution in [3.8, 4) is 11.5 Å². The van der Waals surface area contributed by atoms with Crippen molar-refractivity contribution in [2.75, 3.05) is 20.3 Å². The summed E-state index contributed by atoms with van der Waals surface area (Å²) in [4.78, 5) is 2.22. The fraction of sp³-hybridized carbons (Fsp3) is 0.600. The van der Waals surface area contributed by atoms with Crippen LogP contribution in [0.4, 0.5) is 8.78 Å². The summed E-state index contributed by atoms with van der Waals surface area (Å²) in [5.41, 5.74) is -0.487. The molecular weight excluding hydrogens is 296 g/mol. The predicted octanol–water partition coefficient (Wildman–Crippen LogP) is 1.69. The molecule has 2 unspecified atom stereocenters. The number of alkyl halides is 2. The van der Waals surface area contributed by atoms with Gasteiger partial charge in [-0.1, -0.05) is 6.07 Å². The lowest BCUT2D eigenvalue weighted by Crippen LogP contribution is -2.59. The molecule has 1 aromatic carbocycles. The third-order valence-corrected chi connectivity index (χ3v) is 4.86. The first-order valence-electron chi connectivity index (χ1n) is 7.29. The lowest BCUT2D eigenvalue weighted by molar-refractivity contribution is -0.286. The second kappa shape index (κ2) is 4.53. The normalized spacial score (nSPS) is 36.4. The fourth-order valence-corrected chi connectivity index (χ4v) is 3.62. The number of benzene rings is 1. The lowest BCUT2D eigenvalue weighted by Gasteiger charge is -2.50. The van der Waals surface area contributed by atoms with Crippen LogP contribution in [0.5, 0.6) is 11.5 Å². The maximum absolute atomic E-state index is 13.1. The molecule has 120 valence electrons. The van der Waals surface area contributed by atoms with E-state index in [4.69, 9.17) is 4.74 Å². The Bertz CT molecular complexity index is 595. The van der Waals surface area contributed by atoms with E-state index in [0.29, 0.717) is 31.6 Å². The molecule has 3 heterocycles. The van der Waals surface area contributed by atoms with Crippen LogP contribution in [0, 0.1) is 0 Å². The zero-order valence-corrected chi connectivity index (χ0v) is 12.1. The van der Waals surface area contributed by atoms with Crippen molar-refractivity contribution in [3.05, 3.63) is 23.8 Å². The molecule has 2 saturated heterocycles. The smallest absolute Gasteiger partial charge is 0.395 e. The third-order valence-electron chi connectivity index (χ3n) is 4.86. The molecule has 1 aromatic rings. The van der Waals surface area contributed by atoms with E-state index in [1.54, 1.807) is 6.07 Å². The lowest BCUT2D eigenvalue weighted by atomic mass is 9.77. The summed E-state index contributed by atoms with van der Waals surface area (Å²) >= 11 is 0. The first kappa shape index (κ1) is 14.2. The van der Waals surface area contributed by atoms with Crippen molar-refractivity contribution in [2.24, 2.45) is 0 Å². The van der Waals surface area contributed by atoms with E-state index in [1.807, 2.05) is 7.05 Å². The molecule has 0 amide bonds. The van der Waals surface area contributed by atoms with E-state index < -0.39 is 11.9 Å². The Kier molecular flexibility index (Phi) is 2.92. The Morgan fingerprint density at radius 2 is 1.77 bits per heavy atom. The molecule has 7 heteroatoms. The van der Waals surface area contributed by atoms with Crippen LogP contribution >= 0.6 is 0 Å². The molecule has 22 heavy (non-hydrogen) atoms. The zero-order valence-electron chi connectivity index (χ0n) is 12.1. The number of aliphatic hydroxyl groups is 1. The molecule has 4 rings (SSSR count). The monoisotopic (exact) mass is 313 g/mol. The van der Waals surface area contributed by atoms with Crippen molar-refractivity contribution in [1.82, 2.24) is 4.90 Å². The Morgan fingerprint density at radius 3 is 2.45 bits per heavy atom. The highest BCUT2D eigenvalue weighted by Crippen LogP contribution is 2.46. The van der Waals surface area contributed by atoms with Crippen LogP contribution < -0.4 is 9.47 Å². The largest absolute Gasteiger partial charge is 0.586 e. The number of hydrogen-bond donors (Lipinski definition) is 1. The molecule has 0 aromatic heterocycles. The molecular formula is C15H17F2NO4. The van der Waals surface area contributed by atoms with Gasteiger partial charge in [0.1, 0.15) is 0 Å². The predicted molar refractivity (Wildman–Crippen MR) is 71.9 cm³/mol. The molecule has 0 spiro atoms. The van der Waals surface area contributed by atoms with Crippen LogP contribution in [-0.4, -0.2) is 48.6 Å². The molecule has 1 N–H and O–H groups in total. The summed E-state index contributed by atoms with van der Waals surface area (Å²) in [5.74, 6) is -0.0370. The average molecular weight is 313 g/mol. The van der Waals surface area contributed by atoms with E-state index >= 15 is 0 Å². The number of halogens is 2. The highest BCUT2D eigenvalue weighted by atomic mass is 19.3. The van der Waals surface area contributed by atoms with Crippen LogP contribution in [0.3, 0.4) is 0 Å². The average Bonchev–Trinajstić information content (AvgIpc) is 2.73. The van der Waals surface area contributed by atoms with Crippen molar-refractivity contribution in [3.63, 3.8) is 0 Å². The van der Waals surface area contributed by atoms with Gasteiger partial charge in [-0.2, -0.15) is 0 Å². The summed E-state index contributed by atoms with van der Waals surface area (Å²) in [6.07, 6.45) is -2.65. The van der Waals surface area contributed by atoms with E-state index in [-0.39, 0.29) is 23.6 Å². The SMILES string of the molecule is CN1C2COCC1CC(O)(c1ccc3c(c1)OC(F)(F)O3)C2. The second-order valence-electron chi connectivity index (χ2n) is 6.28. The zero-order chi connectivity index (χ0) is 15.5. The van der Waals surface area contributed by atoms with Gasteiger partial charge in [0.25, 0.3) is 0 Å². The highest BCUT2D eigenvalue weighted by molar-refractivity contribution is 5.47. The van der Waals surface area contributed by atoms with Crippen molar-refractivity contribution in [1.29, 1.82) is 0 Å². The number of nitrogens with zero attached hydrogens (tertiary/aromatic N) is 1. The topological polar surface area (TPSA) is 51.2 Å². The Balaban J connectivity index is 1.65. The third kappa shape index (κ3) is 2.15. The van der Waals surface area contributed by atoms with Gasteiger partial charge in [0.05, 0.1) is 18.8 Å². The van der Waals surface area contributed by atoms with Gasteiger partial charge in [0, 0.05) is 12.1 Å². The van der Waals surface area contributed by atoms with Crippen LogP contribution in [0.15, 0.2) is 18.2 Å². The van der Waals surface area contributed by atoms with Gasteiger partial charge in [0.2, 0.25) is 0 Å². The summed E-state index contributed by atoms with van der Waals surface area (Å²) in [6, 6.07) is 4.74. The van der Waals surface area contributed by atoms with Gasteiger partial charge >= 0.3 is 6.29 Å². The minimum Gasteiger partial charge on any atom is -0.395 e. The minimum atomic E-state index is -3.64. The number of morpholine rings is 1. The van der Waals surface area contributed by atoms with Crippen molar-refractivity contribution < 1.29 is 28.1 Å². The maximum atomic E-state index is 13.1. The molecule has 3 aliphatic rings. The van der Waals surface area contributed by atoms with Gasteiger partial charge in [-0.3, -0.25) is 4.90 Å². The maximum Gasteiger partial charge on any atom is 0.586 e.